The molecule has 0 aliphatic heterocycles. The van der Waals surface area contributed by atoms with Gasteiger partial charge >= 0.3 is 0 Å². The van der Waals surface area contributed by atoms with Crippen molar-refractivity contribution < 1.29 is 9.84 Å². The molecule has 4 heteroatoms. The number of para-hydroxylation sites is 1. The third-order valence-electron chi connectivity index (χ3n) is 3.37. The lowest BCUT2D eigenvalue weighted by atomic mass is 10.2. The second kappa shape index (κ2) is 9.75. The van der Waals surface area contributed by atoms with E-state index < -0.39 is 0 Å². The molecule has 0 unspecified atom stereocenters. The maximum Gasteiger partial charge on any atom is 0.123 e. The van der Waals surface area contributed by atoms with Crippen molar-refractivity contribution in [1.29, 1.82) is 0 Å². The Morgan fingerprint density at radius 2 is 1.90 bits per heavy atom. The van der Waals surface area contributed by atoms with Crippen LogP contribution in [-0.2, 0) is 6.54 Å². The van der Waals surface area contributed by atoms with Gasteiger partial charge in [-0.15, -0.1) is 0 Å². The molecule has 0 fully saturated rings. The van der Waals surface area contributed by atoms with Gasteiger partial charge in [0, 0.05) is 37.8 Å². The summed E-state index contributed by atoms with van der Waals surface area (Å²) < 4.78 is 5.81. The van der Waals surface area contributed by atoms with Crippen LogP contribution in [0.3, 0.4) is 0 Å². The number of hydrogen-bond donors (Lipinski definition) is 2. The van der Waals surface area contributed by atoms with Gasteiger partial charge in [0.15, 0.2) is 0 Å². The summed E-state index contributed by atoms with van der Waals surface area (Å²) in [4.78, 5) is 2.37. The van der Waals surface area contributed by atoms with Crippen molar-refractivity contribution >= 4 is 0 Å². The minimum Gasteiger partial charge on any atom is -0.493 e. The van der Waals surface area contributed by atoms with Gasteiger partial charge in [-0.25, -0.2) is 0 Å². The van der Waals surface area contributed by atoms with Gasteiger partial charge < -0.3 is 20.5 Å². The summed E-state index contributed by atoms with van der Waals surface area (Å²) in [5, 5.41) is 8.91. The first-order valence-electron chi connectivity index (χ1n) is 7.44. The van der Waals surface area contributed by atoms with E-state index >= 15 is 0 Å². The van der Waals surface area contributed by atoms with Gasteiger partial charge in [0.2, 0.25) is 0 Å². The van der Waals surface area contributed by atoms with Gasteiger partial charge in [0.1, 0.15) is 5.75 Å². The number of ether oxygens (including phenoxy) is 1. The smallest absolute Gasteiger partial charge is 0.123 e. The lowest BCUT2D eigenvalue weighted by Gasteiger charge is -2.26. The fourth-order valence-electron chi connectivity index (χ4n) is 2.17. The van der Waals surface area contributed by atoms with E-state index in [1.807, 2.05) is 24.3 Å². The van der Waals surface area contributed by atoms with Crippen LogP contribution in [0.25, 0.3) is 0 Å². The van der Waals surface area contributed by atoms with Crippen molar-refractivity contribution in [2.24, 2.45) is 5.73 Å². The molecular formula is C16H28N2O2. The highest BCUT2D eigenvalue weighted by Crippen LogP contribution is 2.17. The molecule has 0 aliphatic carbocycles. The molecule has 0 aromatic heterocycles. The third-order valence-corrected chi connectivity index (χ3v) is 3.37. The Hall–Kier alpha value is -1.10. The Kier molecular flexibility index (Phi) is 8.26. The fraction of sp³-hybridized carbons (Fsp3) is 0.625. The zero-order valence-electron chi connectivity index (χ0n) is 12.7. The third kappa shape index (κ3) is 5.90. The summed E-state index contributed by atoms with van der Waals surface area (Å²) >= 11 is 0. The average Bonchev–Trinajstić information content (AvgIpc) is 2.46. The maximum absolute atomic E-state index is 8.91. The summed E-state index contributed by atoms with van der Waals surface area (Å²) in [5.74, 6) is 0.890. The van der Waals surface area contributed by atoms with Gasteiger partial charge in [0.05, 0.1) is 6.61 Å². The number of nitrogens with two attached hydrogens (primary N) is 1. The van der Waals surface area contributed by atoms with Gasteiger partial charge in [-0.2, -0.15) is 0 Å². The van der Waals surface area contributed by atoms with E-state index in [1.165, 1.54) is 0 Å². The van der Waals surface area contributed by atoms with Crippen LogP contribution in [0.2, 0.25) is 0 Å². The van der Waals surface area contributed by atoms with Crippen molar-refractivity contribution in [3.63, 3.8) is 0 Å². The van der Waals surface area contributed by atoms with Gasteiger partial charge in [-0.1, -0.05) is 18.2 Å². The summed E-state index contributed by atoms with van der Waals surface area (Å²) in [6, 6.07) is 8.41. The van der Waals surface area contributed by atoms with Gasteiger partial charge in [0.25, 0.3) is 0 Å². The van der Waals surface area contributed by atoms with E-state index in [9.17, 15) is 0 Å². The van der Waals surface area contributed by atoms with Gasteiger partial charge in [-0.05, 0) is 32.8 Å². The minimum absolute atomic E-state index is 0.254. The molecular weight excluding hydrogens is 252 g/mol. The molecule has 3 N–H and O–H groups in total. The Bertz CT molecular complexity index is 369. The molecule has 114 valence electrons. The molecule has 1 aromatic rings. The molecule has 0 bridgehead atoms. The van der Waals surface area contributed by atoms with Crippen LogP contribution in [0, 0.1) is 0 Å². The van der Waals surface area contributed by atoms with Crippen molar-refractivity contribution in [2.45, 2.75) is 39.3 Å². The van der Waals surface area contributed by atoms with E-state index in [-0.39, 0.29) is 6.61 Å². The summed E-state index contributed by atoms with van der Waals surface area (Å²) in [5.41, 5.74) is 6.74. The molecule has 0 heterocycles. The molecule has 1 aromatic carbocycles. The summed E-state index contributed by atoms with van der Waals surface area (Å²) in [6.45, 7) is 7.74. The van der Waals surface area contributed by atoms with Gasteiger partial charge in [-0.3, -0.25) is 0 Å². The van der Waals surface area contributed by atoms with E-state index in [0.717, 1.165) is 37.2 Å². The highest BCUT2D eigenvalue weighted by atomic mass is 16.5. The zero-order chi connectivity index (χ0) is 14.8. The minimum atomic E-state index is 0.254. The van der Waals surface area contributed by atoms with E-state index in [4.69, 9.17) is 15.6 Å². The standard InChI is InChI=1S/C16H28N2O2/c1-14(2)18(9-5-11-19)10-6-12-20-16-8-4-3-7-15(16)13-17/h3-4,7-8,14,19H,5-6,9-13,17H2,1-2H3. The fourth-order valence-corrected chi connectivity index (χ4v) is 2.17. The Morgan fingerprint density at radius 3 is 2.55 bits per heavy atom. The first kappa shape index (κ1) is 17.0. The molecule has 0 atom stereocenters. The summed E-state index contributed by atoms with van der Waals surface area (Å²) in [6.07, 6.45) is 1.80. The van der Waals surface area contributed by atoms with E-state index in [0.29, 0.717) is 19.2 Å². The highest BCUT2D eigenvalue weighted by molar-refractivity contribution is 5.32. The Balaban J connectivity index is 2.32. The largest absolute Gasteiger partial charge is 0.493 e. The molecule has 0 saturated carbocycles. The van der Waals surface area contributed by atoms with E-state index in [1.54, 1.807) is 0 Å². The number of benzene rings is 1. The number of aliphatic hydroxyl groups excluding tert-OH is 1. The number of hydrogen-bond acceptors (Lipinski definition) is 4. The van der Waals surface area contributed by atoms with Crippen LogP contribution in [0.15, 0.2) is 24.3 Å². The van der Waals surface area contributed by atoms with Crippen molar-refractivity contribution in [2.75, 3.05) is 26.3 Å². The van der Waals surface area contributed by atoms with Crippen molar-refractivity contribution in [3.8, 4) is 5.75 Å². The molecule has 1 rings (SSSR count). The Morgan fingerprint density at radius 1 is 1.20 bits per heavy atom. The number of nitrogens with zero attached hydrogens (tertiary/aromatic N) is 1. The lowest BCUT2D eigenvalue weighted by Crippen LogP contribution is -2.33. The molecule has 0 amide bonds. The molecule has 0 aliphatic rings. The molecule has 0 saturated heterocycles. The SMILES string of the molecule is CC(C)N(CCCO)CCCOc1ccccc1CN. The normalized spacial score (nSPS) is 11.3. The predicted molar refractivity (Wildman–Crippen MR) is 82.9 cm³/mol. The van der Waals surface area contributed by atoms with Crippen LogP contribution < -0.4 is 10.5 Å². The van der Waals surface area contributed by atoms with Crippen LogP contribution in [-0.4, -0.2) is 42.4 Å². The van der Waals surface area contributed by atoms with Crippen LogP contribution in [0.5, 0.6) is 5.75 Å². The van der Waals surface area contributed by atoms with Crippen molar-refractivity contribution in [1.82, 2.24) is 4.90 Å². The number of rotatable bonds is 10. The first-order valence-corrected chi connectivity index (χ1v) is 7.44. The number of aliphatic hydroxyl groups is 1. The van der Waals surface area contributed by atoms with Crippen molar-refractivity contribution in [3.05, 3.63) is 29.8 Å². The van der Waals surface area contributed by atoms with Crippen LogP contribution in [0.4, 0.5) is 0 Å². The highest BCUT2D eigenvalue weighted by Gasteiger charge is 2.08. The average molecular weight is 280 g/mol. The summed E-state index contributed by atoms with van der Waals surface area (Å²) in [7, 11) is 0. The quantitative estimate of drug-likeness (QED) is 0.644. The second-order valence-corrected chi connectivity index (χ2v) is 5.22. The Labute approximate surface area is 122 Å². The maximum atomic E-state index is 8.91. The predicted octanol–water partition coefficient (Wildman–Crippen LogP) is 2.01. The van der Waals surface area contributed by atoms with Crippen LogP contribution >= 0.6 is 0 Å². The topological polar surface area (TPSA) is 58.7 Å². The molecule has 4 nitrogen and oxygen atoms in total. The molecule has 0 spiro atoms. The first-order chi connectivity index (χ1) is 9.69. The monoisotopic (exact) mass is 280 g/mol. The van der Waals surface area contributed by atoms with E-state index in [2.05, 4.69) is 18.7 Å². The zero-order valence-corrected chi connectivity index (χ0v) is 12.7. The van der Waals surface area contributed by atoms with Crippen LogP contribution in [0.1, 0.15) is 32.3 Å². The second-order valence-electron chi connectivity index (χ2n) is 5.22. The molecule has 0 radical (unpaired) electrons. The lowest BCUT2D eigenvalue weighted by molar-refractivity contribution is 0.177. The molecule has 20 heavy (non-hydrogen) atoms.